The van der Waals surface area contributed by atoms with Crippen LogP contribution in [0.5, 0.6) is 0 Å². The molecule has 1 aliphatic heterocycles. The van der Waals surface area contributed by atoms with E-state index in [9.17, 15) is 9.90 Å². The van der Waals surface area contributed by atoms with Crippen LogP contribution in [0, 0.1) is 0 Å². The van der Waals surface area contributed by atoms with Crippen LogP contribution in [0.2, 0.25) is 0 Å². The molecule has 1 aromatic carbocycles. The summed E-state index contributed by atoms with van der Waals surface area (Å²) < 4.78 is 0. The highest BCUT2D eigenvalue weighted by Crippen LogP contribution is 2.23. The monoisotopic (exact) mass is 333 g/mol. The first-order valence-corrected chi connectivity index (χ1v) is 9.14. The third-order valence-electron chi connectivity index (χ3n) is 4.78. The van der Waals surface area contributed by atoms with Gasteiger partial charge in [0.05, 0.1) is 5.60 Å². The van der Waals surface area contributed by atoms with Crippen LogP contribution in [-0.4, -0.2) is 45.8 Å². The standard InChI is InChI=1S/C20H31NO3/c1-20(2,24)12-11-16-7-5-8-17(15-16)19(23)21-13-4-3-9-18(21)10-6-14-22/h5,7-8,15,18,22,24H,3-4,6,9-14H2,1-2H3/t18-/m0/s1. The minimum atomic E-state index is -0.692. The Bertz CT molecular complexity index is 536. The molecule has 1 aromatic rings. The molecule has 4 nitrogen and oxygen atoms in total. The molecule has 2 N–H and O–H groups in total. The first-order valence-electron chi connectivity index (χ1n) is 9.14. The molecule has 2 rings (SSSR count). The van der Waals surface area contributed by atoms with Crippen molar-refractivity contribution in [2.75, 3.05) is 13.2 Å². The molecule has 134 valence electrons. The average Bonchev–Trinajstić information content (AvgIpc) is 2.57. The zero-order valence-corrected chi connectivity index (χ0v) is 15.0. The maximum absolute atomic E-state index is 12.9. The van der Waals surface area contributed by atoms with Crippen molar-refractivity contribution in [3.05, 3.63) is 35.4 Å². The van der Waals surface area contributed by atoms with E-state index in [2.05, 4.69) is 0 Å². The van der Waals surface area contributed by atoms with Gasteiger partial charge in [-0.2, -0.15) is 0 Å². The van der Waals surface area contributed by atoms with Gasteiger partial charge in [0.25, 0.3) is 5.91 Å². The SMILES string of the molecule is CC(C)(O)CCc1cccc(C(=O)N2CCCC[C@H]2CCCO)c1. The lowest BCUT2D eigenvalue weighted by atomic mass is 9.95. The van der Waals surface area contributed by atoms with Gasteiger partial charge in [-0.1, -0.05) is 12.1 Å². The molecule has 1 saturated heterocycles. The van der Waals surface area contributed by atoms with Gasteiger partial charge in [0.2, 0.25) is 0 Å². The van der Waals surface area contributed by atoms with Gasteiger partial charge < -0.3 is 15.1 Å². The van der Waals surface area contributed by atoms with Crippen LogP contribution < -0.4 is 0 Å². The van der Waals surface area contributed by atoms with Gasteiger partial charge in [0.15, 0.2) is 0 Å². The van der Waals surface area contributed by atoms with E-state index in [1.165, 1.54) is 0 Å². The number of rotatable bonds is 7. The highest BCUT2D eigenvalue weighted by Gasteiger charge is 2.27. The Labute approximate surface area is 145 Å². The number of hydrogen-bond acceptors (Lipinski definition) is 3. The zero-order valence-electron chi connectivity index (χ0n) is 15.0. The number of carbonyl (C=O) groups is 1. The molecule has 1 fully saturated rings. The second-order valence-corrected chi connectivity index (χ2v) is 7.53. The summed E-state index contributed by atoms with van der Waals surface area (Å²) in [4.78, 5) is 14.9. The van der Waals surface area contributed by atoms with E-state index in [0.717, 1.165) is 56.2 Å². The molecule has 0 aliphatic carbocycles. The molecule has 1 amide bonds. The van der Waals surface area contributed by atoms with Crippen LogP contribution >= 0.6 is 0 Å². The Kier molecular flexibility index (Phi) is 6.81. The lowest BCUT2D eigenvalue weighted by Crippen LogP contribution is -2.43. The lowest BCUT2D eigenvalue weighted by Gasteiger charge is -2.36. The molecular formula is C20H31NO3. The number of carbonyl (C=O) groups excluding carboxylic acids is 1. The van der Waals surface area contributed by atoms with Gasteiger partial charge >= 0.3 is 0 Å². The molecule has 1 atom stereocenters. The predicted molar refractivity (Wildman–Crippen MR) is 96.1 cm³/mol. The summed E-state index contributed by atoms with van der Waals surface area (Å²) in [5, 5.41) is 19.0. The molecule has 1 heterocycles. The van der Waals surface area contributed by atoms with Crippen molar-refractivity contribution in [2.24, 2.45) is 0 Å². The van der Waals surface area contributed by atoms with Gasteiger partial charge in [0.1, 0.15) is 0 Å². The number of nitrogens with zero attached hydrogens (tertiary/aromatic N) is 1. The fourth-order valence-corrected chi connectivity index (χ4v) is 3.37. The van der Waals surface area contributed by atoms with E-state index in [1.54, 1.807) is 0 Å². The minimum Gasteiger partial charge on any atom is -0.396 e. The van der Waals surface area contributed by atoms with Gasteiger partial charge in [0, 0.05) is 24.8 Å². The van der Waals surface area contributed by atoms with Crippen LogP contribution in [-0.2, 0) is 6.42 Å². The first-order chi connectivity index (χ1) is 11.4. The molecule has 1 aliphatic rings. The van der Waals surface area contributed by atoms with Crippen LogP contribution in [0.1, 0.15) is 68.3 Å². The van der Waals surface area contributed by atoms with Gasteiger partial charge in [-0.25, -0.2) is 0 Å². The zero-order chi connectivity index (χ0) is 17.6. The molecule has 0 bridgehead atoms. The summed E-state index contributed by atoms with van der Waals surface area (Å²) in [6.45, 7) is 4.61. The summed E-state index contributed by atoms with van der Waals surface area (Å²) in [5.74, 6) is 0.0998. The Morgan fingerprint density at radius 2 is 2.12 bits per heavy atom. The maximum atomic E-state index is 12.9. The van der Waals surface area contributed by atoms with E-state index >= 15 is 0 Å². The van der Waals surface area contributed by atoms with E-state index in [-0.39, 0.29) is 18.6 Å². The number of likely N-dealkylation sites (tertiary alicyclic amines) is 1. The molecule has 0 radical (unpaired) electrons. The molecular weight excluding hydrogens is 302 g/mol. The van der Waals surface area contributed by atoms with Crippen LogP contribution in [0.4, 0.5) is 0 Å². The Morgan fingerprint density at radius 1 is 1.33 bits per heavy atom. The van der Waals surface area contributed by atoms with E-state index in [0.29, 0.717) is 6.42 Å². The summed E-state index contributed by atoms with van der Waals surface area (Å²) in [6.07, 6.45) is 6.31. The van der Waals surface area contributed by atoms with Gasteiger partial charge in [-0.3, -0.25) is 4.79 Å². The van der Waals surface area contributed by atoms with E-state index in [4.69, 9.17) is 5.11 Å². The van der Waals surface area contributed by atoms with Gasteiger partial charge in [-0.05, 0) is 76.5 Å². The third kappa shape index (κ3) is 5.60. The number of hydrogen-bond donors (Lipinski definition) is 2. The smallest absolute Gasteiger partial charge is 0.254 e. The van der Waals surface area contributed by atoms with Gasteiger partial charge in [-0.15, -0.1) is 0 Å². The molecule has 0 aromatic heterocycles. The Morgan fingerprint density at radius 3 is 2.83 bits per heavy atom. The summed E-state index contributed by atoms with van der Waals surface area (Å²) in [7, 11) is 0. The quantitative estimate of drug-likeness (QED) is 0.806. The fraction of sp³-hybridized carbons (Fsp3) is 0.650. The Balaban J connectivity index is 2.07. The number of amides is 1. The third-order valence-corrected chi connectivity index (χ3v) is 4.78. The number of aliphatic hydroxyl groups is 2. The highest BCUT2D eigenvalue weighted by molar-refractivity contribution is 5.94. The van der Waals surface area contributed by atoms with Crippen molar-refractivity contribution in [1.82, 2.24) is 4.90 Å². The number of piperidine rings is 1. The topological polar surface area (TPSA) is 60.8 Å². The fourth-order valence-electron chi connectivity index (χ4n) is 3.37. The summed E-state index contributed by atoms with van der Waals surface area (Å²) >= 11 is 0. The molecule has 0 unspecified atom stereocenters. The van der Waals surface area contributed by atoms with Crippen LogP contribution in [0.15, 0.2) is 24.3 Å². The summed E-state index contributed by atoms with van der Waals surface area (Å²) in [5.41, 5.74) is 1.13. The van der Waals surface area contributed by atoms with E-state index in [1.807, 2.05) is 43.0 Å². The van der Waals surface area contributed by atoms with Crippen LogP contribution in [0.25, 0.3) is 0 Å². The lowest BCUT2D eigenvalue weighted by molar-refractivity contribution is 0.0590. The van der Waals surface area contributed by atoms with Crippen molar-refractivity contribution >= 4 is 5.91 Å². The molecule has 0 saturated carbocycles. The van der Waals surface area contributed by atoms with Crippen molar-refractivity contribution < 1.29 is 15.0 Å². The van der Waals surface area contributed by atoms with Crippen LogP contribution in [0.3, 0.4) is 0 Å². The van der Waals surface area contributed by atoms with Crippen molar-refractivity contribution in [3.63, 3.8) is 0 Å². The Hall–Kier alpha value is -1.39. The molecule has 4 heteroatoms. The molecule has 0 spiro atoms. The second-order valence-electron chi connectivity index (χ2n) is 7.53. The first kappa shape index (κ1) is 18.9. The van der Waals surface area contributed by atoms with Crippen molar-refractivity contribution in [1.29, 1.82) is 0 Å². The summed E-state index contributed by atoms with van der Waals surface area (Å²) in [6, 6.07) is 8.04. The predicted octanol–water partition coefficient (Wildman–Crippen LogP) is 3.16. The highest BCUT2D eigenvalue weighted by atomic mass is 16.3. The average molecular weight is 333 g/mol. The second kappa shape index (κ2) is 8.63. The molecule has 24 heavy (non-hydrogen) atoms. The number of aryl methyl sites for hydroxylation is 1. The van der Waals surface area contributed by atoms with E-state index < -0.39 is 5.60 Å². The number of benzene rings is 1. The normalized spacial score (nSPS) is 18.7. The van der Waals surface area contributed by atoms with Crippen molar-refractivity contribution in [3.8, 4) is 0 Å². The van der Waals surface area contributed by atoms with Crippen molar-refractivity contribution in [2.45, 2.75) is 70.4 Å². The maximum Gasteiger partial charge on any atom is 0.254 e. The number of aliphatic hydroxyl groups excluding tert-OH is 1. The largest absolute Gasteiger partial charge is 0.396 e. The minimum absolute atomic E-state index is 0.0998.